The van der Waals surface area contributed by atoms with Crippen molar-refractivity contribution in [1.29, 1.82) is 0 Å². The van der Waals surface area contributed by atoms with Crippen molar-refractivity contribution in [3.63, 3.8) is 0 Å². The fourth-order valence-electron chi connectivity index (χ4n) is 0.868. The summed E-state index contributed by atoms with van der Waals surface area (Å²) in [7, 11) is 0.851. The molecule has 1 rings (SSSR count). The van der Waals surface area contributed by atoms with Crippen molar-refractivity contribution in [3.05, 3.63) is 30.3 Å². The Labute approximate surface area is 69.2 Å². The van der Waals surface area contributed by atoms with E-state index in [-0.39, 0.29) is 0 Å². The monoisotopic (exact) mass is 168 g/mol. The molecule has 0 aliphatic rings. The molecule has 1 atom stereocenters. The zero-order valence-electron chi connectivity index (χ0n) is 6.46. The second kappa shape index (κ2) is 5.29. The summed E-state index contributed by atoms with van der Waals surface area (Å²) < 4.78 is 0. The molecule has 0 radical (unpaired) electrons. The molecule has 1 aromatic rings. The van der Waals surface area contributed by atoms with Crippen LogP contribution in [0.4, 0.5) is 0 Å². The Kier molecular flexibility index (Phi) is 4.18. The fourth-order valence-corrected chi connectivity index (χ4v) is 1.92. The predicted octanol–water partition coefficient (Wildman–Crippen LogP) is 1.37. The number of benzene rings is 1. The Bertz CT molecular complexity index is 186. The zero-order valence-corrected chi connectivity index (χ0v) is 7.46. The van der Waals surface area contributed by atoms with Crippen molar-refractivity contribution in [2.45, 2.75) is 6.42 Å². The first-order valence-corrected chi connectivity index (χ1v) is 5.04. The van der Waals surface area contributed by atoms with Gasteiger partial charge in [-0.3, -0.25) is 0 Å². The van der Waals surface area contributed by atoms with Crippen LogP contribution >= 0.6 is 8.58 Å². The molecule has 0 amide bonds. The Morgan fingerprint density at radius 1 is 1.18 bits per heavy atom. The summed E-state index contributed by atoms with van der Waals surface area (Å²) in [5.41, 5.74) is 0. The second-order valence-electron chi connectivity index (χ2n) is 2.37. The van der Waals surface area contributed by atoms with Gasteiger partial charge in [-0.25, -0.2) is 0 Å². The SMILES string of the molecule is OCCCPc1ccccc1. The lowest BCUT2D eigenvalue weighted by molar-refractivity contribution is 0.296. The highest BCUT2D eigenvalue weighted by atomic mass is 31.1. The quantitative estimate of drug-likeness (QED) is 0.531. The summed E-state index contributed by atoms with van der Waals surface area (Å²) in [4.78, 5) is 0. The highest BCUT2D eigenvalue weighted by Crippen LogP contribution is 2.09. The number of aliphatic hydroxyl groups is 1. The number of aliphatic hydroxyl groups excluding tert-OH is 1. The normalized spacial score (nSPS) is 11.0. The third-order valence-electron chi connectivity index (χ3n) is 1.44. The maximum absolute atomic E-state index is 8.55. The summed E-state index contributed by atoms with van der Waals surface area (Å²) in [6.07, 6.45) is 2.04. The molecule has 1 nitrogen and oxygen atoms in total. The lowest BCUT2D eigenvalue weighted by atomic mass is 10.4. The van der Waals surface area contributed by atoms with Crippen molar-refractivity contribution in [2.75, 3.05) is 12.8 Å². The molecule has 0 aliphatic carbocycles. The molecule has 2 heteroatoms. The predicted molar refractivity (Wildman–Crippen MR) is 51.0 cm³/mol. The van der Waals surface area contributed by atoms with Crippen LogP contribution in [0.3, 0.4) is 0 Å². The average molecular weight is 168 g/mol. The van der Waals surface area contributed by atoms with Gasteiger partial charge in [-0.15, -0.1) is 0 Å². The lowest BCUT2D eigenvalue weighted by Crippen LogP contribution is -1.94. The van der Waals surface area contributed by atoms with E-state index in [9.17, 15) is 0 Å². The van der Waals surface area contributed by atoms with Crippen molar-refractivity contribution in [1.82, 2.24) is 0 Å². The van der Waals surface area contributed by atoms with Gasteiger partial charge in [0.15, 0.2) is 0 Å². The summed E-state index contributed by atoms with van der Waals surface area (Å²) in [6, 6.07) is 10.4. The topological polar surface area (TPSA) is 20.2 Å². The Hall–Kier alpha value is -0.390. The van der Waals surface area contributed by atoms with Crippen molar-refractivity contribution >= 4 is 13.9 Å². The Morgan fingerprint density at radius 2 is 1.91 bits per heavy atom. The van der Waals surface area contributed by atoms with Crippen LogP contribution < -0.4 is 5.30 Å². The van der Waals surface area contributed by atoms with Gasteiger partial charge < -0.3 is 5.11 Å². The maximum atomic E-state index is 8.55. The van der Waals surface area contributed by atoms with E-state index in [1.807, 2.05) is 6.07 Å². The second-order valence-corrected chi connectivity index (χ2v) is 3.80. The van der Waals surface area contributed by atoms with E-state index in [2.05, 4.69) is 24.3 Å². The first-order valence-electron chi connectivity index (χ1n) is 3.83. The van der Waals surface area contributed by atoms with E-state index in [0.717, 1.165) is 21.2 Å². The molecule has 0 heterocycles. The van der Waals surface area contributed by atoms with E-state index in [4.69, 9.17) is 5.11 Å². The first-order chi connectivity index (χ1) is 5.43. The van der Waals surface area contributed by atoms with Gasteiger partial charge in [-0.05, 0) is 17.9 Å². The van der Waals surface area contributed by atoms with E-state index < -0.39 is 0 Å². The fraction of sp³-hybridized carbons (Fsp3) is 0.333. The van der Waals surface area contributed by atoms with Gasteiger partial charge in [-0.2, -0.15) is 0 Å². The van der Waals surface area contributed by atoms with Crippen LogP contribution in [-0.2, 0) is 0 Å². The van der Waals surface area contributed by atoms with Gasteiger partial charge in [-0.1, -0.05) is 38.9 Å². The summed E-state index contributed by atoms with van der Waals surface area (Å²) in [6.45, 7) is 0.319. The highest BCUT2D eigenvalue weighted by Gasteiger charge is 1.89. The molecule has 0 saturated heterocycles. The zero-order chi connectivity index (χ0) is 7.94. The van der Waals surface area contributed by atoms with E-state index in [1.165, 1.54) is 5.30 Å². The van der Waals surface area contributed by atoms with Gasteiger partial charge in [0.2, 0.25) is 0 Å². The van der Waals surface area contributed by atoms with Crippen molar-refractivity contribution in [3.8, 4) is 0 Å². The standard InChI is InChI=1S/C9H13OP/c10-7-4-8-11-9-5-2-1-3-6-9/h1-3,5-6,10-11H,4,7-8H2. The minimum absolute atomic E-state index is 0.319. The minimum Gasteiger partial charge on any atom is -0.396 e. The largest absolute Gasteiger partial charge is 0.396 e. The molecular formula is C9H13OP. The third-order valence-corrected chi connectivity index (χ3v) is 2.78. The number of hydrogen-bond acceptors (Lipinski definition) is 1. The van der Waals surface area contributed by atoms with E-state index in [1.54, 1.807) is 0 Å². The molecule has 60 valence electrons. The molecular weight excluding hydrogens is 155 g/mol. The van der Waals surface area contributed by atoms with Crippen LogP contribution in [0.25, 0.3) is 0 Å². The van der Waals surface area contributed by atoms with Gasteiger partial charge in [0.25, 0.3) is 0 Å². The van der Waals surface area contributed by atoms with Crippen LogP contribution in [0.2, 0.25) is 0 Å². The molecule has 0 bridgehead atoms. The van der Waals surface area contributed by atoms with E-state index in [0.29, 0.717) is 6.61 Å². The summed E-state index contributed by atoms with van der Waals surface area (Å²) in [5, 5.41) is 9.94. The minimum atomic E-state index is 0.319. The van der Waals surface area contributed by atoms with E-state index >= 15 is 0 Å². The van der Waals surface area contributed by atoms with Gasteiger partial charge in [0.1, 0.15) is 0 Å². The van der Waals surface area contributed by atoms with Crippen molar-refractivity contribution < 1.29 is 5.11 Å². The van der Waals surface area contributed by atoms with Crippen LogP contribution in [0.1, 0.15) is 6.42 Å². The smallest absolute Gasteiger partial charge is 0.0434 e. The van der Waals surface area contributed by atoms with Crippen LogP contribution in [0.5, 0.6) is 0 Å². The lowest BCUT2D eigenvalue weighted by Gasteiger charge is -1.98. The first kappa shape index (κ1) is 8.70. The Balaban J connectivity index is 2.28. The van der Waals surface area contributed by atoms with Gasteiger partial charge >= 0.3 is 0 Å². The molecule has 1 aromatic carbocycles. The molecule has 0 aliphatic heterocycles. The van der Waals surface area contributed by atoms with Crippen molar-refractivity contribution in [2.24, 2.45) is 0 Å². The average Bonchev–Trinajstić information content (AvgIpc) is 2.07. The molecule has 11 heavy (non-hydrogen) atoms. The maximum Gasteiger partial charge on any atom is 0.0434 e. The summed E-state index contributed by atoms with van der Waals surface area (Å²) in [5.74, 6) is 0. The third kappa shape index (κ3) is 3.50. The molecule has 1 unspecified atom stereocenters. The van der Waals surface area contributed by atoms with Crippen LogP contribution in [-0.4, -0.2) is 17.9 Å². The number of rotatable bonds is 4. The number of hydrogen-bond donors (Lipinski definition) is 1. The van der Waals surface area contributed by atoms with Gasteiger partial charge in [0.05, 0.1) is 0 Å². The van der Waals surface area contributed by atoms with Crippen LogP contribution in [0.15, 0.2) is 30.3 Å². The molecule has 1 N–H and O–H groups in total. The molecule has 0 aromatic heterocycles. The summed E-state index contributed by atoms with van der Waals surface area (Å²) >= 11 is 0. The van der Waals surface area contributed by atoms with Gasteiger partial charge in [0, 0.05) is 6.61 Å². The molecule has 0 saturated carbocycles. The Morgan fingerprint density at radius 3 is 2.55 bits per heavy atom. The highest BCUT2D eigenvalue weighted by molar-refractivity contribution is 7.47. The molecule has 0 spiro atoms. The molecule has 0 fully saturated rings. The van der Waals surface area contributed by atoms with Crippen LogP contribution in [0, 0.1) is 0 Å².